The molecule has 0 N–H and O–H groups in total. The second-order valence-electron chi connectivity index (χ2n) is 2.79. The molecule has 0 aliphatic heterocycles. The molecule has 5 heteroatoms. The molecule has 1 unspecified atom stereocenters. The Balaban J connectivity index is 2.44. The van der Waals surface area contributed by atoms with Crippen molar-refractivity contribution < 1.29 is 22.7 Å². The van der Waals surface area contributed by atoms with Crippen LogP contribution in [-0.2, 0) is 4.74 Å². The summed E-state index contributed by atoms with van der Waals surface area (Å²) in [6, 6.07) is 7.94. The minimum absolute atomic E-state index is 0.305. The molecule has 1 aromatic carbocycles. The number of carbonyl (C=O) groups excluding carboxylic acids is 1. The van der Waals surface area contributed by atoms with Gasteiger partial charge in [-0.15, -0.1) is 0 Å². The number of benzene rings is 1. The van der Waals surface area contributed by atoms with Crippen molar-refractivity contribution in [2.75, 3.05) is 6.61 Å². The van der Waals surface area contributed by atoms with Gasteiger partial charge in [-0.05, 0) is 0 Å². The van der Waals surface area contributed by atoms with Gasteiger partial charge < -0.3 is 4.74 Å². The van der Waals surface area contributed by atoms with E-state index in [4.69, 9.17) is 0 Å². The van der Waals surface area contributed by atoms with Gasteiger partial charge in [0.2, 0.25) is 0 Å². The Kier molecular flexibility index (Phi) is 4.30. The maximum Gasteiger partial charge on any atom is 0.293 e. The summed E-state index contributed by atoms with van der Waals surface area (Å²) in [5, 5.41) is 0. The first-order valence-corrected chi connectivity index (χ1v) is 4.23. The highest BCUT2D eigenvalue weighted by atomic mass is 19.3. The smallest absolute Gasteiger partial charge is 0.293 e. The van der Waals surface area contributed by atoms with Crippen molar-refractivity contribution in [2.45, 2.75) is 12.8 Å². The van der Waals surface area contributed by atoms with Crippen molar-refractivity contribution in [1.82, 2.24) is 0 Å². The van der Waals surface area contributed by atoms with Crippen LogP contribution in [0.4, 0.5) is 13.2 Å². The lowest BCUT2D eigenvalue weighted by atomic mass is 10.1. The highest BCUT2D eigenvalue weighted by Gasteiger charge is 2.20. The Hall–Kier alpha value is -1.36. The number of alkyl halides is 3. The van der Waals surface area contributed by atoms with Gasteiger partial charge in [-0.2, -0.15) is 0 Å². The van der Waals surface area contributed by atoms with E-state index in [1.165, 1.54) is 12.1 Å². The quantitative estimate of drug-likeness (QED) is 0.709. The predicted molar refractivity (Wildman–Crippen MR) is 47.6 cm³/mol. The van der Waals surface area contributed by atoms with E-state index in [9.17, 15) is 18.0 Å². The molecule has 2 nitrogen and oxygen atoms in total. The van der Waals surface area contributed by atoms with Crippen molar-refractivity contribution in [1.29, 1.82) is 0 Å². The van der Waals surface area contributed by atoms with Gasteiger partial charge in [-0.3, -0.25) is 4.79 Å². The van der Waals surface area contributed by atoms with Gasteiger partial charge in [0.15, 0.2) is 5.78 Å². The third-order valence-corrected chi connectivity index (χ3v) is 1.67. The molecular weight excluding hydrogens is 209 g/mol. The van der Waals surface area contributed by atoms with Crippen LogP contribution in [0.3, 0.4) is 0 Å². The highest BCUT2D eigenvalue weighted by Crippen LogP contribution is 2.08. The van der Waals surface area contributed by atoms with Crippen LogP contribution < -0.4 is 0 Å². The lowest BCUT2D eigenvalue weighted by Crippen LogP contribution is -2.20. The fourth-order valence-electron chi connectivity index (χ4n) is 0.935. The number of hydrogen-bond acceptors (Lipinski definition) is 2. The summed E-state index contributed by atoms with van der Waals surface area (Å²) in [6.07, 6.45) is -5.94. The van der Waals surface area contributed by atoms with Crippen LogP contribution in [0, 0.1) is 0 Å². The van der Waals surface area contributed by atoms with E-state index in [1.54, 1.807) is 18.2 Å². The molecule has 1 rings (SSSR count). The Morgan fingerprint density at radius 2 is 1.80 bits per heavy atom. The number of rotatable bonds is 5. The average molecular weight is 218 g/mol. The fraction of sp³-hybridized carbons (Fsp3) is 0.300. The molecule has 0 saturated carbocycles. The number of halogens is 3. The van der Waals surface area contributed by atoms with Gasteiger partial charge in [0.05, 0.1) is 0 Å². The molecule has 0 saturated heterocycles. The van der Waals surface area contributed by atoms with Gasteiger partial charge in [0.25, 0.3) is 12.8 Å². The van der Waals surface area contributed by atoms with E-state index in [0.29, 0.717) is 5.56 Å². The summed E-state index contributed by atoms with van der Waals surface area (Å²) in [5.41, 5.74) is 0.305. The third-order valence-electron chi connectivity index (χ3n) is 1.67. The Morgan fingerprint density at radius 1 is 1.20 bits per heavy atom. The first-order valence-electron chi connectivity index (χ1n) is 4.23. The Labute approximate surface area is 84.7 Å². The molecule has 1 atom stereocenters. The molecular formula is C10H9F3O2. The van der Waals surface area contributed by atoms with E-state index in [0.717, 1.165) is 0 Å². The molecule has 1 aromatic rings. The van der Waals surface area contributed by atoms with E-state index >= 15 is 0 Å². The molecule has 0 radical (unpaired) electrons. The van der Waals surface area contributed by atoms with Crippen LogP contribution in [0.1, 0.15) is 10.4 Å². The first-order chi connectivity index (χ1) is 7.11. The maximum atomic E-state index is 12.3. The summed E-state index contributed by atoms with van der Waals surface area (Å²) in [6.45, 7) is -0.685. The summed E-state index contributed by atoms with van der Waals surface area (Å²) in [7, 11) is 0. The summed E-state index contributed by atoms with van der Waals surface area (Å²) >= 11 is 0. The van der Waals surface area contributed by atoms with E-state index < -0.39 is 25.2 Å². The van der Waals surface area contributed by atoms with E-state index in [1.807, 2.05) is 0 Å². The molecule has 0 heterocycles. The minimum atomic E-state index is -3.23. The standard InChI is InChI=1S/C10H9F3O2/c11-9(12)10(13)15-6-8(14)7-4-2-1-3-5-7/h1-5,9-10H,6H2. The third kappa shape index (κ3) is 3.71. The molecule has 15 heavy (non-hydrogen) atoms. The van der Waals surface area contributed by atoms with Crippen LogP contribution in [0.25, 0.3) is 0 Å². The SMILES string of the molecule is O=C(COC(F)C(F)F)c1ccccc1. The highest BCUT2D eigenvalue weighted by molar-refractivity contribution is 5.96. The molecule has 0 fully saturated rings. The second-order valence-corrected chi connectivity index (χ2v) is 2.79. The largest absolute Gasteiger partial charge is 0.335 e. The molecule has 0 aliphatic rings. The zero-order valence-corrected chi connectivity index (χ0v) is 7.70. The van der Waals surface area contributed by atoms with Crippen molar-refractivity contribution >= 4 is 5.78 Å². The number of hydrogen-bond donors (Lipinski definition) is 0. The fourth-order valence-corrected chi connectivity index (χ4v) is 0.935. The van der Waals surface area contributed by atoms with Crippen molar-refractivity contribution in [3.8, 4) is 0 Å². The van der Waals surface area contributed by atoms with Crippen LogP contribution >= 0.6 is 0 Å². The van der Waals surface area contributed by atoms with Gasteiger partial charge in [0, 0.05) is 5.56 Å². The Bertz CT molecular complexity index is 314. The number of Topliss-reactive ketones (excluding diaryl/α,β-unsaturated/α-hetero) is 1. The van der Waals surface area contributed by atoms with Gasteiger partial charge in [-0.1, -0.05) is 30.3 Å². The molecule has 0 aliphatic carbocycles. The normalized spacial score (nSPS) is 12.8. The summed E-state index contributed by atoms with van der Waals surface area (Å²) in [4.78, 5) is 11.2. The van der Waals surface area contributed by atoms with Crippen LogP contribution in [0.2, 0.25) is 0 Å². The number of carbonyl (C=O) groups is 1. The average Bonchev–Trinajstić information content (AvgIpc) is 2.26. The van der Waals surface area contributed by atoms with Gasteiger partial charge in [-0.25, -0.2) is 13.2 Å². The maximum absolute atomic E-state index is 12.3. The molecule has 0 aromatic heterocycles. The molecule has 82 valence electrons. The summed E-state index contributed by atoms with van der Waals surface area (Å²) < 4.78 is 39.7. The van der Waals surface area contributed by atoms with Gasteiger partial charge in [0.1, 0.15) is 6.61 Å². The lowest BCUT2D eigenvalue weighted by molar-refractivity contribution is -0.120. The monoisotopic (exact) mass is 218 g/mol. The lowest BCUT2D eigenvalue weighted by Gasteiger charge is -2.07. The van der Waals surface area contributed by atoms with Gasteiger partial charge >= 0.3 is 0 Å². The van der Waals surface area contributed by atoms with Crippen LogP contribution in [0.5, 0.6) is 0 Å². The Morgan fingerprint density at radius 3 is 2.33 bits per heavy atom. The number of ether oxygens (including phenoxy) is 1. The summed E-state index contributed by atoms with van der Waals surface area (Å²) in [5.74, 6) is -0.529. The van der Waals surface area contributed by atoms with E-state index in [2.05, 4.69) is 4.74 Å². The second kappa shape index (κ2) is 5.50. The first kappa shape index (κ1) is 11.7. The van der Waals surface area contributed by atoms with Crippen molar-refractivity contribution in [3.05, 3.63) is 35.9 Å². The van der Waals surface area contributed by atoms with Crippen molar-refractivity contribution in [3.63, 3.8) is 0 Å². The predicted octanol–water partition coefficient (Wildman–Crippen LogP) is 2.45. The molecule has 0 amide bonds. The number of ketones is 1. The van der Waals surface area contributed by atoms with Crippen molar-refractivity contribution in [2.24, 2.45) is 0 Å². The van der Waals surface area contributed by atoms with Crippen LogP contribution in [-0.4, -0.2) is 25.2 Å². The van der Waals surface area contributed by atoms with Crippen LogP contribution in [0.15, 0.2) is 30.3 Å². The molecule has 0 bridgehead atoms. The topological polar surface area (TPSA) is 26.3 Å². The van der Waals surface area contributed by atoms with E-state index in [-0.39, 0.29) is 0 Å². The zero-order valence-electron chi connectivity index (χ0n) is 7.70. The minimum Gasteiger partial charge on any atom is -0.335 e. The zero-order chi connectivity index (χ0) is 11.3. The molecule has 0 spiro atoms.